The van der Waals surface area contributed by atoms with Crippen molar-refractivity contribution in [3.8, 4) is 11.7 Å². The van der Waals surface area contributed by atoms with E-state index in [4.69, 9.17) is 4.74 Å². The van der Waals surface area contributed by atoms with Crippen molar-refractivity contribution in [1.29, 1.82) is 0 Å². The van der Waals surface area contributed by atoms with Crippen molar-refractivity contribution >= 4 is 0 Å². The molecule has 0 saturated heterocycles. The molecule has 0 radical (unpaired) electrons. The molecule has 0 fully saturated rings. The van der Waals surface area contributed by atoms with Crippen LogP contribution in [0.3, 0.4) is 0 Å². The molecule has 3 rings (SSSR count). The van der Waals surface area contributed by atoms with Crippen LogP contribution in [-0.2, 0) is 13.7 Å². The molecule has 8 nitrogen and oxygen atoms in total. The SMILES string of the molecule is Cn1nnn(-c2cccc(F)c2COc2ncccn2)c1=O. The van der Waals surface area contributed by atoms with Gasteiger partial charge in [0.2, 0.25) is 0 Å². The van der Waals surface area contributed by atoms with Crippen molar-refractivity contribution in [3.63, 3.8) is 0 Å². The molecule has 112 valence electrons. The number of tetrazole rings is 1. The number of aromatic nitrogens is 6. The van der Waals surface area contributed by atoms with E-state index in [9.17, 15) is 9.18 Å². The number of benzene rings is 1. The number of ether oxygens (including phenoxy) is 1. The molecule has 0 aliphatic carbocycles. The van der Waals surface area contributed by atoms with E-state index in [0.717, 1.165) is 9.36 Å². The molecule has 9 heteroatoms. The maximum atomic E-state index is 14.1. The van der Waals surface area contributed by atoms with Gasteiger partial charge in [-0.3, -0.25) is 0 Å². The Labute approximate surface area is 123 Å². The van der Waals surface area contributed by atoms with Gasteiger partial charge in [0, 0.05) is 19.4 Å². The Morgan fingerprint density at radius 2 is 1.95 bits per heavy atom. The Kier molecular flexibility index (Phi) is 3.60. The van der Waals surface area contributed by atoms with Crippen LogP contribution >= 0.6 is 0 Å². The average Bonchev–Trinajstić information content (AvgIpc) is 2.86. The number of aryl methyl sites for hydroxylation is 1. The zero-order chi connectivity index (χ0) is 15.5. The highest BCUT2D eigenvalue weighted by atomic mass is 19.1. The van der Waals surface area contributed by atoms with Gasteiger partial charge in [0.1, 0.15) is 12.4 Å². The lowest BCUT2D eigenvalue weighted by Crippen LogP contribution is -2.23. The van der Waals surface area contributed by atoms with Gasteiger partial charge in [-0.1, -0.05) is 6.07 Å². The largest absolute Gasteiger partial charge is 0.458 e. The van der Waals surface area contributed by atoms with Crippen LogP contribution in [-0.4, -0.2) is 29.8 Å². The van der Waals surface area contributed by atoms with E-state index in [2.05, 4.69) is 20.4 Å². The second-order valence-corrected chi connectivity index (χ2v) is 4.35. The second-order valence-electron chi connectivity index (χ2n) is 4.35. The quantitative estimate of drug-likeness (QED) is 0.696. The van der Waals surface area contributed by atoms with Crippen molar-refractivity contribution < 1.29 is 9.13 Å². The molecule has 0 unspecified atom stereocenters. The van der Waals surface area contributed by atoms with E-state index >= 15 is 0 Å². The first-order valence-corrected chi connectivity index (χ1v) is 6.33. The van der Waals surface area contributed by atoms with E-state index < -0.39 is 11.5 Å². The predicted molar refractivity (Wildman–Crippen MR) is 72.9 cm³/mol. The van der Waals surface area contributed by atoms with Crippen LogP contribution < -0.4 is 10.4 Å². The molecule has 0 aliphatic heterocycles. The van der Waals surface area contributed by atoms with E-state index in [0.29, 0.717) is 0 Å². The van der Waals surface area contributed by atoms with Gasteiger partial charge in [0.05, 0.1) is 11.3 Å². The van der Waals surface area contributed by atoms with Gasteiger partial charge in [-0.2, -0.15) is 9.36 Å². The summed E-state index contributed by atoms with van der Waals surface area (Å²) in [4.78, 5) is 19.7. The van der Waals surface area contributed by atoms with Gasteiger partial charge in [-0.25, -0.2) is 19.2 Å². The van der Waals surface area contributed by atoms with Crippen LogP contribution in [0.25, 0.3) is 5.69 Å². The van der Waals surface area contributed by atoms with E-state index in [1.807, 2.05) is 0 Å². The molecule has 0 spiro atoms. The fraction of sp³-hybridized carbons (Fsp3) is 0.154. The fourth-order valence-corrected chi connectivity index (χ4v) is 1.85. The molecule has 0 amide bonds. The summed E-state index contributed by atoms with van der Waals surface area (Å²) >= 11 is 0. The number of hydrogen-bond donors (Lipinski definition) is 0. The average molecular weight is 302 g/mol. The maximum absolute atomic E-state index is 14.1. The lowest BCUT2D eigenvalue weighted by atomic mass is 10.2. The summed E-state index contributed by atoms with van der Waals surface area (Å²) in [6.45, 7) is -0.144. The van der Waals surface area contributed by atoms with Crippen molar-refractivity contribution in [2.75, 3.05) is 0 Å². The minimum Gasteiger partial charge on any atom is -0.458 e. The predicted octanol–water partition coefficient (Wildman–Crippen LogP) is 0.474. The molecule has 1 aromatic carbocycles. The third-order valence-corrected chi connectivity index (χ3v) is 2.93. The smallest absolute Gasteiger partial charge is 0.368 e. The van der Waals surface area contributed by atoms with Gasteiger partial charge < -0.3 is 4.74 Å². The van der Waals surface area contributed by atoms with Crippen molar-refractivity contribution in [3.05, 3.63) is 58.5 Å². The zero-order valence-electron chi connectivity index (χ0n) is 11.5. The first-order valence-electron chi connectivity index (χ1n) is 6.33. The van der Waals surface area contributed by atoms with Crippen molar-refractivity contribution in [2.24, 2.45) is 7.05 Å². The monoisotopic (exact) mass is 302 g/mol. The summed E-state index contributed by atoms with van der Waals surface area (Å²) in [7, 11) is 1.46. The third-order valence-electron chi connectivity index (χ3n) is 2.93. The number of rotatable bonds is 4. The molecule has 0 aliphatic rings. The molecule has 0 N–H and O–H groups in total. The minimum absolute atomic E-state index is 0.114. The lowest BCUT2D eigenvalue weighted by molar-refractivity contribution is 0.274. The second kappa shape index (κ2) is 5.72. The lowest BCUT2D eigenvalue weighted by Gasteiger charge is -2.09. The highest BCUT2D eigenvalue weighted by Gasteiger charge is 2.15. The third kappa shape index (κ3) is 2.55. The van der Waals surface area contributed by atoms with E-state index in [1.54, 1.807) is 12.1 Å². The molecule has 0 atom stereocenters. The number of halogens is 1. The Balaban J connectivity index is 1.97. The van der Waals surface area contributed by atoms with Gasteiger partial charge >= 0.3 is 11.7 Å². The van der Waals surface area contributed by atoms with Crippen LogP contribution in [0.15, 0.2) is 41.5 Å². The Morgan fingerprint density at radius 1 is 1.18 bits per heavy atom. The summed E-state index contributed by atoms with van der Waals surface area (Å²) < 4.78 is 21.5. The molecule has 0 bridgehead atoms. The van der Waals surface area contributed by atoms with Crippen LogP contribution in [0.2, 0.25) is 0 Å². The highest BCUT2D eigenvalue weighted by molar-refractivity contribution is 5.40. The van der Waals surface area contributed by atoms with Crippen LogP contribution in [0.1, 0.15) is 5.56 Å². The first-order chi connectivity index (χ1) is 10.7. The van der Waals surface area contributed by atoms with Crippen LogP contribution in [0.4, 0.5) is 4.39 Å². The van der Waals surface area contributed by atoms with Gasteiger partial charge in [-0.15, -0.1) is 0 Å². The van der Waals surface area contributed by atoms with Gasteiger partial charge in [0.25, 0.3) is 0 Å². The summed E-state index contributed by atoms with van der Waals surface area (Å²) in [6, 6.07) is 6.07. The Hall–Kier alpha value is -3.10. The molecule has 0 saturated carbocycles. The zero-order valence-corrected chi connectivity index (χ0v) is 11.5. The summed E-state index contributed by atoms with van der Waals surface area (Å²) in [5, 5.41) is 7.32. The van der Waals surface area contributed by atoms with E-state index in [1.165, 1.54) is 31.6 Å². The van der Waals surface area contributed by atoms with Gasteiger partial charge in [0.15, 0.2) is 0 Å². The van der Waals surface area contributed by atoms with Crippen molar-refractivity contribution in [2.45, 2.75) is 6.61 Å². The van der Waals surface area contributed by atoms with Crippen molar-refractivity contribution in [1.82, 2.24) is 29.8 Å². The normalized spacial score (nSPS) is 10.6. The molecular formula is C13H11FN6O2. The van der Waals surface area contributed by atoms with E-state index in [-0.39, 0.29) is 23.9 Å². The Morgan fingerprint density at radius 3 is 2.64 bits per heavy atom. The molecule has 2 heterocycles. The summed E-state index contributed by atoms with van der Waals surface area (Å²) in [5.41, 5.74) is -0.0607. The first kappa shape index (κ1) is 13.9. The Bertz CT molecular complexity index is 845. The van der Waals surface area contributed by atoms with Gasteiger partial charge in [-0.05, 0) is 28.6 Å². The topological polar surface area (TPSA) is 87.7 Å². The minimum atomic E-state index is -0.522. The van der Waals surface area contributed by atoms with Crippen LogP contribution in [0, 0.1) is 5.82 Å². The maximum Gasteiger partial charge on any atom is 0.368 e. The number of nitrogens with zero attached hydrogens (tertiary/aromatic N) is 6. The van der Waals surface area contributed by atoms with Crippen LogP contribution in [0.5, 0.6) is 6.01 Å². The standard InChI is InChI=1S/C13H11FN6O2/c1-19-13(21)20(18-17-19)11-5-2-4-10(14)9(11)8-22-12-15-6-3-7-16-12/h2-7H,8H2,1H3. The summed E-state index contributed by atoms with van der Waals surface area (Å²) in [5.74, 6) is -0.522. The molecule has 3 aromatic rings. The molecule has 22 heavy (non-hydrogen) atoms. The highest BCUT2D eigenvalue weighted by Crippen LogP contribution is 2.17. The molecule has 2 aromatic heterocycles. The number of hydrogen-bond acceptors (Lipinski definition) is 6. The fourth-order valence-electron chi connectivity index (χ4n) is 1.85. The molecular weight excluding hydrogens is 291 g/mol. The summed E-state index contributed by atoms with van der Waals surface area (Å²) in [6.07, 6.45) is 3.02.